The molecular formula is C15H22N2O3. The highest BCUT2D eigenvalue weighted by Crippen LogP contribution is 2.17. The summed E-state index contributed by atoms with van der Waals surface area (Å²) >= 11 is 0. The van der Waals surface area contributed by atoms with E-state index in [-0.39, 0.29) is 11.9 Å². The first-order valence-electron chi connectivity index (χ1n) is 6.99. The van der Waals surface area contributed by atoms with Crippen LogP contribution in [0.15, 0.2) is 24.3 Å². The third-order valence-electron chi connectivity index (χ3n) is 3.45. The molecule has 0 spiro atoms. The predicted octanol–water partition coefficient (Wildman–Crippen LogP) is 1.41. The van der Waals surface area contributed by atoms with Gasteiger partial charge in [-0.05, 0) is 37.1 Å². The molecule has 1 aliphatic heterocycles. The molecule has 2 rings (SSSR count). The number of carbonyl (C=O) groups is 1. The van der Waals surface area contributed by atoms with Crippen molar-refractivity contribution < 1.29 is 14.3 Å². The predicted molar refractivity (Wildman–Crippen MR) is 76.9 cm³/mol. The van der Waals surface area contributed by atoms with Crippen LogP contribution in [0.4, 0.5) is 0 Å². The molecular weight excluding hydrogens is 256 g/mol. The normalized spacial score (nSPS) is 18.7. The molecule has 20 heavy (non-hydrogen) atoms. The lowest BCUT2D eigenvalue weighted by molar-refractivity contribution is -0.132. The maximum atomic E-state index is 12.0. The van der Waals surface area contributed by atoms with Gasteiger partial charge < -0.3 is 20.1 Å². The number of nitrogens with two attached hydrogens (primary N) is 1. The fourth-order valence-corrected chi connectivity index (χ4v) is 2.32. The van der Waals surface area contributed by atoms with Crippen LogP contribution in [0.25, 0.3) is 0 Å². The summed E-state index contributed by atoms with van der Waals surface area (Å²) in [5.74, 6) is 1.65. The molecule has 5 nitrogen and oxygen atoms in total. The second-order valence-electron chi connectivity index (χ2n) is 5.02. The Kier molecular flexibility index (Phi) is 5.24. The topological polar surface area (TPSA) is 64.8 Å². The summed E-state index contributed by atoms with van der Waals surface area (Å²) < 4.78 is 10.6. The van der Waals surface area contributed by atoms with Crippen molar-refractivity contribution in [3.05, 3.63) is 24.3 Å². The van der Waals surface area contributed by atoms with Crippen LogP contribution >= 0.6 is 0 Å². The summed E-state index contributed by atoms with van der Waals surface area (Å²) in [6, 6.07) is 7.46. The monoisotopic (exact) mass is 278 g/mol. The first-order valence-corrected chi connectivity index (χ1v) is 6.99. The SMILES string of the molecule is COc1ccc(OCCC(=O)N2CCCC(N)C2)cc1. The number of carbonyl (C=O) groups excluding carboxylic acids is 1. The van der Waals surface area contributed by atoms with E-state index in [1.165, 1.54) is 0 Å². The van der Waals surface area contributed by atoms with Gasteiger partial charge in [-0.2, -0.15) is 0 Å². The molecule has 0 aromatic heterocycles. The number of hydrogen-bond acceptors (Lipinski definition) is 4. The average molecular weight is 278 g/mol. The third-order valence-corrected chi connectivity index (χ3v) is 3.45. The zero-order valence-corrected chi connectivity index (χ0v) is 11.9. The third kappa shape index (κ3) is 4.13. The van der Waals surface area contributed by atoms with Crippen molar-refractivity contribution in [3.63, 3.8) is 0 Å². The summed E-state index contributed by atoms with van der Waals surface area (Å²) in [5, 5.41) is 0. The van der Waals surface area contributed by atoms with E-state index in [2.05, 4.69) is 0 Å². The maximum absolute atomic E-state index is 12.0. The van der Waals surface area contributed by atoms with Gasteiger partial charge >= 0.3 is 0 Å². The maximum Gasteiger partial charge on any atom is 0.226 e. The summed E-state index contributed by atoms with van der Waals surface area (Å²) in [5.41, 5.74) is 5.87. The molecule has 0 aliphatic carbocycles. The van der Waals surface area contributed by atoms with Gasteiger partial charge in [0.15, 0.2) is 0 Å². The molecule has 1 aromatic rings. The number of ether oxygens (including phenoxy) is 2. The zero-order valence-electron chi connectivity index (χ0n) is 11.9. The molecule has 1 fully saturated rings. The van der Waals surface area contributed by atoms with Crippen LogP contribution in [0, 0.1) is 0 Å². The van der Waals surface area contributed by atoms with E-state index in [1.54, 1.807) is 7.11 Å². The van der Waals surface area contributed by atoms with Crippen LogP contribution in [0.1, 0.15) is 19.3 Å². The lowest BCUT2D eigenvalue weighted by Gasteiger charge is -2.30. The van der Waals surface area contributed by atoms with Crippen molar-refractivity contribution in [2.75, 3.05) is 26.8 Å². The van der Waals surface area contributed by atoms with Crippen LogP contribution in [0.5, 0.6) is 11.5 Å². The van der Waals surface area contributed by atoms with E-state index in [0.717, 1.165) is 30.9 Å². The fourth-order valence-electron chi connectivity index (χ4n) is 2.32. The van der Waals surface area contributed by atoms with Gasteiger partial charge in [-0.15, -0.1) is 0 Å². The van der Waals surface area contributed by atoms with E-state index in [9.17, 15) is 4.79 Å². The molecule has 1 aromatic carbocycles. The van der Waals surface area contributed by atoms with Gasteiger partial charge in [0.2, 0.25) is 5.91 Å². The molecule has 0 saturated carbocycles. The highest BCUT2D eigenvalue weighted by Gasteiger charge is 2.20. The number of hydrogen-bond donors (Lipinski definition) is 1. The Labute approximate surface area is 119 Å². The number of rotatable bonds is 5. The minimum absolute atomic E-state index is 0.119. The molecule has 2 N–H and O–H groups in total. The summed E-state index contributed by atoms with van der Waals surface area (Å²) in [4.78, 5) is 13.8. The Morgan fingerprint density at radius 3 is 2.70 bits per heavy atom. The number of methoxy groups -OCH3 is 1. The quantitative estimate of drug-likeness (QED) is 0.884. The van der Waals surface area contributed by atoms with Crippen molar-refractivity contribution in [2.24, 2.45) is 5.73 Å². The first kappa shape index (κ1) is 14.7. The molecule has 1 unspecified atom stereocenters. The van der Waals surface area contributed by atoms with Gasteiger partial charge in [-0.25, -0.2) is 0 Å². The summed E-state index contributed by atoms with van der Waals surface area (Å²) in [7, 11) is 1.62. The highest BCUT2D eigenvalue weighted by molar-refractivity contribution is 5.76. The van der Waals surface area contributed by atoms with E-state index < -0.39 is 0 Å². The first-order chi connectivity index (χ1) is 9.69. The van der Waals surface area contributed by atoms with Crippen LogP contribution in [0.2, 0.25) is 0 Å². The van der Waals surface area contributed by atoms with E-state index in [4.69, 9.17) is 15.2 Å². The molecule has 1 aliphatic rings. The van der Waals surface area contributed by atoms with Crippen molar-refractivity contribution in [1.82, 2.24) is 4.90 Å². The smallest absolute Gasteiger partial charge is 0.226 e. The van der Waals surface area contributed by atoms with Crippen molar-refractivity contribution in [1.29, 1.82) is 0 Å². The molecule has 1 amide bonds. The van der Waals surface area contributed by atoms with Crippen LogP contribution < -0.4 is 15.2 Å². The van der Waals surface area contributed by atoms with Gasteiger partial charge in [0, 0.05) is 19.1 Å². The van der Waals surface area contributed by atoms with Gasteiger partial charge in [-0.3, -0.25) is 4.79 Å². The average Bonchev–Trinajstić information content (AvgIpc) is 2.48. The molecule has 1 atom stereocenters. The minimum atomic E-state index is 0.119. The summed E-state index contributed by atoms with van der Waals surface area (Å²) in [6.45, 7) is 1.87. The number of benzene rings is 1. The number of amides is 1. The second kappa shape index (κ2) is 7.14. The molecule has 0 bridgehead atoms. The standard InChI is InChI=1S/C15H22N2O3/c1-19-13-4-6-14(7-5-13)20-10-8-15(18)17-9-2-3-12(16)11-17/h4-7,12H,2-3,8-11,16H2,1H3. The Morgan fingerprint density at radius 1 is 1.35 bits per heavy atom. The van der Waals surface area contributed by atoms with Gasteiger partial charge in [0.25, 0.3) is 0 Å². The van der Waals surface area contributed by atoms with Crippen molar-refractivity contribution >= 4 is 5.91 Å². The Hall–Kier alpha value is -1.75. The van der Waals surface area contributed by atoms with Crippen LogP contribution in [0.3, 0.4) is 0 Å². The number of nitrogens with zero attached hydrogens (tertiary/aromatic N) is 1. The molecule has 5 heteroatoms. The highest BCUT2D eigenvalue weighted by atomic mass is 16.5. The second-order valence-corrected chi connectivity index (χ2v) is 5.02. The van der Waals surface area contributed by atoms with Gasteiger partial charge in [0.05, 0.1) is 20.1 Å². The largest absolute Gasteiger partial charge is 0.497 e. The van der Waals surface area contributed by atoms with E-state index in [1.807, 2.05) is 29.2 Å². The van der Waals surface area contributed by atoms with Gasteiger partial charge in [0.1, 0.15) is 11.5 Å². The number of piperidine rings is 1. The van der Waals surface area contributed by atoms with Crippen molar-refractivity contribution in [3.8, 4) is 11.5 Å². The Morgan fingerprint density at radius 2 is 2.05 bits per heavy atom. The lowest BCUT2D eigenvalue weighted by atomic mass is 10.1. The van der Waals surface area contributed by atoms with E-state index >= 15 is 0 Å². The Balaban J connectivity index is 1.73. The molecule has 110 valence electrons. The van der Waals surface area contributed by atoms with Crippen molar-refractivity contribution in [2.45, 2.75) is 25.3 Å². The Bertz CT molecular complexity index is 433. The van der Waals surface area contributed by atoms with Gasteiger partial charge in [-0.1, -0.05) is 0 Å². The number of likely N-dealkylation sites (tertiary alicyclic amines) is 1. The van der Waals surface area contributed by atoms with Crippen LogP contribution in [-0.4, -0.2) is 43.7 Å². The molecule has 1 heterocycles. The zero-order chi connectivity index (χ0) is 14.4. The van der Waals surface area contributed by atoms with Crippen LogP contribution in [-0.2, 0) is 4.79 Å². The molecule has 0 radical (unpaired) electrons. The summed E-state index contributed by atoms with van der Waals surface area (Å²) in [6.07, 6.45) is 2.39. The molecule has 1 saturated heterocycles. The lowest BCUT2D eigenvalue weighted by Crippen LogP contribution is -2.46. The van der Waals surface area contributed by atoms with E-state index in [0.29, 0.717) is 19.6 Å². The minimum Gasteiger partial charge on any atom is -0.497 e. The fraction of sp³-hybridized carbons (Fsp3) is 0.533.